The van der Waals surface area contributed by atoms with Crippen LogP contribution in [-0.2, 0) is 4.79 Å². The summed E-state index contributed by atoms with van der Waals surface area (Å²) >= 11 is 0. The van der Waals surface area contributed by atoms with Gasteiger partial charge in [0.05, 0.1) is 6.10 Å². The van der Waals surface area contributed by atoms with Gasteiger partial charge in [0.1, 0.15) is 5.60 Å². The lowest BCUT2D eigenvalue weighted by molar-refractivity contribution is -0.132. The van der Waals surface area contributed by atoms with Gasteiger partial charge in [0.25, 0.3) is 0 Å². The zero-order valence-corrected chi connectivity index (χ0v) is 11.8. The molecule has 0 aromatic rings. The Bertz CT molecular complexity index is 406. The number of allylic oxidation sites excluding steroid dienone is 1. The van der Waals surface area contributed by atoms with Gasteiger partial charge in [-0.15, -0.1) is 0 Å². The van der Waals surface area contributed by atoms with Crippen molar-refractivity contribution >= 4 is 5.78 Å². The number of carbonyl (C=O) groups excluding carboxylic acids is 1. The van der Waals surface area contributed by atoms with Crippen molar-refractivity contribution < 1.29 is 15.0 Å². The van der Waals surface area contributed by atoms with Crippen molar-refractivity contribution in [2.45, 2.75) is 65.1 Å². The topological polar surface area (TPSA) is 57.5 Å². The summed E-state index contributed by atoms with van der Waals surface area (Å²) in [5, 5.41) is 19.9. The van der Waals surface area contributed by atoms with E-state index in [0.717, 1.165) is 18.4 Å². The standard InChI is InChI=1S/C15H24O3/c1-13(2)8-11(16)9-14(13,3)10-5-6-15(4,18)12(17)7-10/h7,11,16,18H,5-6,8-9H2,1-4H3/t11-,14+,15-/m0/s1. The van der Waals surface area contributed by atoms with Crippen LogP contribution in [-0.4, -0.2) is 27.7 Å². The fourth-order valence-corrected chi connectivity index (χ4v) is 3.52. The van der Waals surface area contributed by atoms with Crippen LogP contribution in [0.5, 0.6) is 0 Å². The highest BCUT2D eigenvalue weighted by Crippen LogP contribution is 2.58. The quantitative estimate of drug-likeness (QED) is 0.752. The smallest absolute Gasteiger partial charge is 0.186 e. The minimum Gasteiger partial charge on any atom is -0.393 e. The van der Waals surface area contributed by atoms with Crippen molar-refractivity contribution in [1.29, 1.82) is 0 Å². The third-order valence-electron chi connectivity index (χ3n) is 5.31. The third-order valence-corrected chi connectivity index (χ3v) is 5.31. The summed E-state index contributed by atoms with van der Waals surface area (Å²) in [7, 11) is 0. The molecule has 3 atom stereocenters. The number of rotatable bonds is 1. The van der Waals surface area contributed by atoms with Gasteiger partial charge in [-0.1, -0.05) is 26.3 Å². The molecule has 1 saturated carbocycles. The second-order valence-corrected chi connectivity index (χ2v) is 7.09. The maximum atomic E-state index is 11.9. The van der Waals surface area contributed by atoms with E-state index in [2.05, 4.69) is 20.8 Å². The van der Waals surface area contributed by atoms with E-state index in [1.165, 1.54) is 0 Å². The van der Waals surface area contributed by atoms with Crippen LogP contribution in [0, 0.1) is 10.8 Å². The molecule has 0 spiro atoms. The second-order valence-electron chi connectivity index (χ2n) is 7.09. The van der Waals surface area contributed by atoms with Crippen molar-refractivity contribution in [3.63, 3.8) is 0 Å². The van der Waals surface area contributed by atoms with E-state index in [0.29, 0.717) is 12.8 Å². The number of ketones is 1. The summed E-state index contributed by atoms with van der Waals surface area (Å²) in [5.41, 5.74) is -0.262. The van der Waals surface area contributed by atoms with E-state index >= 15 is 0 Å². The van der Waals surface area contributed by atoms with Gasteiger partial charge in [-0.2, -0.15) is 0 Å². The van der Waals surface area contributed by atoms with E-state index < -0.39 is 5.60 Å². The lowest BCUT2D eigenvalue weighted by atomic mass is 9.62. The van der Waals surface area contributed by atoms with Crippen molar-refractivity contribution in [3.8, 4) is 0 Å². The molecule has 0 amide bonds. The van der Waals surface area contributed by atoms with Crippen molar-refractivity contribution in [2.75, 3.05) is 0 Å². The van der Waals surface area contributed by atoms with Gasteiger partial charge in [0.2, 0.25) is 0 Å². The number of hydrogen-bond donors (Lipinski definition) is 2. The summed E-state index contributed by atoms with van der Waals surface area (Å²) in [5.74, 6) is -0.192. The maximum Gasteiger partial charge on any atom is 0.186 e. The molecule has 0 aromatic carbocycles. The zero-order chi connectivity index (χ0) is 13.8. The van der Waals surface area contributed by atoms with Crippen molar-refractivity contribution in [1.82, 2.24) is 0 Å². The van der Waals surface area contributed by atoms with Crippen LogP contribution in [0.1, 0.15) is 53.4 Å². The largest absolute Gasteiger partial charge is 0.393 e. The number of aliphatic hydroxyl groups is 2. The molecule has 18 heavy (non-hydrogen) atoms. The first-order valence-corrected chi connectivity index (χ1v) is 6.74. The fraction of sp³-hybridized carbons (Fsp3) is 0.800. The van der Waals surface area contributed by atoms with Crippen molar-refractivity contribution in [2.24, 2.45) is 10.8 Å². The Morgan fingerprint density at radius 3 is 2.28 bits per heavy atom. The Morgan fingerprint density at radius 2 is 1.83 bits per heavy atom. The normalized spacial score (nSPS) is 44.0. The Kier molecular flexibility index (Phi) is 2.99. The minimum absolute atomic E-state index is 0.0122. The second kappa shape index (κ2) is 3.91. The van der Waals surface area contributed by atoms with Crippen LogP contribution >= 0.6 is 0 Å². The first-order chi connectivity index (χ1) is 8.08. The summed E-state index contributed by atoms with van der Waals surface area (Å²) in [6, 6.07) is 0. The summed E-state index contributed by atoms with van der Waals surface area (Å²) in [4.78, 5) is 11.9. The van der Waals surface area contributed by atoms with Crippen LogP contribution in [0.4, 0.5) is 0 Å². The van der Waals surface area contributed by atoms with E-state index in [4.69, 9.17) is 0 Å². The van der Waals surface area contributed by atoms with Gasteiger partial charge >= 0.3 is 0 Å². The minimum atomic E-state index is -1.21. The first kappa shape index (κ1) is 13.8. The average molecular weight is 252 g/mol. The van der Waals surface area contributed by atoms with Crippen LogP contribution in [0.25, 0.3) is 0 Å². The Labute approximate surface area is 109 Å². The lowest BCUT2D eigenvalue weighted by Crippen LogP contribution is -2.41. The SMILES string of the molecule is CC1(C)C[C@H](O)C[C@]1(C)C1=CC(=O)[C@@](C)(O)CC1. The maximum absolute atomic E-state index is 11.9. The molecule has 3 heteroatoms. The monoisotopic (exact) mass is 252 g/mol. The molecule has 1 fully saturated rings. The molecule has 0 heterocycles. The van der Waals surface area contributed by atoms with E-state index in [9.17, 15) is 15.0 Å². The number of aliphatic hydroxyl groups excluding tert-OH is 1. The van der Waals surface area contributed by atoms with Gasteiger partial charge in [0.15, 0.2) is 5.78 Å². The molecular formula is C15H24O3. The third kappa shape index (κ3) is 1.94. The summed E-state index contributed by atoms with van der Waals surface area (Å²) < 4.78 is 0. The number of hydrogen-bond acceptors (Lipinski definition) is 3. The molecule has 2 aliphatic carbocycles. The van der Waals surface area contributed by atoms with E-state index in [1.807, 2.05) is 0 Å². The Morgan fingerprint density at radius 1 is 1.22 bits per heavy atom. The summed E-state index contributed by atoms with van der Waals surface area (Å²) in [6.45, 7) is 8.03. The molecular weight excluding hydrogens is 228 g/mol. The first-order valence-electron chi connectivity index (χ1n) is 6.74. The average Bonchev–Trinajstić information content (AvgIpc) is 2.40. The van der Waals surface area contributed by atoms with Gasteiger partial charge in [0, 0.05) is 0 Å². The summed E-state index contributed by atoms with van der Waals surface area (Å²) in [6.07, 6.45) is 4.05. The van der Waals surface area contributed by atoms with Crippen molar-refractivity contribution in [3.05, 3.63) is 11.6 Å². The van der Waals surface area contributed by atoms with Gasteiger partial charge in [-0.05, 0) is 49.5 Å². The predicted octanol–water partition coefficient (Wildman–Crippen LogP) is 2.21. The van der Waals surface area contributed by atoms with E-state index in [1.54, 1.807) is 13.0 Å². The highest BCUT2D eigenvalue weighted by atomic mass is 16.3. The highest BCUT2D eigenvalue weighted by molar-refractivity contribution is 5.98. The Hall–Kier alpha value is -0.670. The highest BCUT2D eigenvalue weighted by Gasteiger charge is 2.52. The van der Waals surface area contributed by atoms with Crippen LogP contribution in [0.15, 0.2) is 11.6 Å². The van der Waals surface area contributed by atoms with E-state index in [-0.39, 0.29) is 22.7 Å². The fourth-order valence-electron chi connectivity index (χ4n) is 3.52. The molecule has 2 rings (SSSR count). The Balaban J connectivity index is 2.36. The predicted molar refractivity (Wildman–Crippen MR) is 70.1 cm³/mol. The molecule has 0 aromatic heterocycles. The molecule has 0 radical (unpaired) electrons. The molecule has 2 aliphatic rings. The van der Waals surface area contributed by atoms with Gasteiger partial charge in [-0.25, -0.2) is 0 Å². The molecule has 0 saturated heterocycles. The van der Waals surface area contributed by atoms with Gasteiger partial charge < -0.3 is 10.2 Å². The molecule has 0 aliphatic heterocycles. The molecule has 0 unspecified atom stereocenters. The van der Waals surface area contributed by atoms with Crippen LogP contribution in [0.2, 0.25) is 0 Å². The molecule has 0 bridgehead atoms. The molecule has 3 nitrogen and oxygen atoms in total. The molecule has 102 valence electrons. The lowest BCUT2D eigenvalue weighted by Gasteiger charge is -2.43. The van der Waals surface area contributed by atoms with Crippen LogP contribution < -0.4 is 0 Å². The molecule has 2 N–H and O–H groups in total. The number of carbonyl (C=O) groups is 1. The van der Waals surface area contributed by atoms with Crippen LogP contribution in [0.3, 0.4) is 0 Å². The zero-order valence-electron chi connectivity index (χ0n) is 11.8. The van der Waals surface area contributed by atoms with Gasteiger partial charge in [-0.3, -0.25) is 4.79 Å².